The molecule has 0 radical (unpaired) electrons. The molecule has 0 aromatic carbocycles. The zero-order valence-electron chi connectivity index (χ0n) is 5.88. The maximum absolute atomic E-state index is 0. The van der Waals surface area contributed by atoms with Crippen molar-refractivity contribution in [2.24, 2.45) is 0 Å². The maximum atomic E-state index is 0. The van der Waals surface area contributed by atoms with E-state index >= 15 is 0 Å². The van der Waals surface area contributed by atoms with Gasteiger partial charge >= 0.3 is 0 Å². The normalized spacial score (nSPS) is 0. The van der Waals surface area contributed by atoms with Gasteiger partial charge in [-0.2, -0.15) is 0 Å². The van der Waals surface area contributed by atoms with E-state index in [1.807, 2.05) is 0 Å². The zero-order valence-corrected chi connectivity index (χ0v) is 54.8. The summed E-state index contributed by atoms with van der Waals surface area (Å²) in [6, 6.07) is 0. The van der Waals surface area contributed by atoms with Crippen molar-refractivity contribution in [2.75, 3.05) is 0 Å². The Kier molecular flexibility index (Phi) is 7.91. The van der Waals surface area contributed by atoms with Gasteiger partial charge in [-0.15, -0.1) is 0 Å². The Balaban J connectivity index is 0. The fourth-order valence-corrected chi connectivity index (χ4v) is 0. The summed E-state index contributed by atoms with van der Waals surface area (Å²) in [5.41, 5.74) is 0. The smallest absolute Gasteiger partial charge is 0 e. The van der Waals surface area contributed by atoms with Crippen molar-refractivity contribution in [1.82, 2.24) is 0 Å². The van der Waals surface area contributed by atoms with Gasteiger partial charge in [0.1, 0.15) is 0 Å². The molecule has 44 heavy (non-hydrogen) atoms. The quantitative estimate of drug-likeness (QED) is 0.227. The molecule has 0 spiro atoms. The summed E-state index contributed by atoms with van der Waals surface area (Å²) in [6.45, 7) is 0. The van der Waals surface area contributed by atoms with Crippen LogP contribution in [-0.4, -0.2) is 0 Å². The van der Waals surface area contributed by atoms with Crippen LogP contribution in [0.15, 0.2) is 0 Å². The van der Waals surface area contributed by atoms with Crippen molar-refractivity contribution in [3.63, 3.8) is 0 Å². The minimum atomic E-state index is 0. The first-order valence-corrected chi connectivity index (χ1v) is 0. The summed E-state index contributed by atoms with van der Waals surface area (Å²) in [5, 5.41) is 0. The van der Waals surface area contributed by atoms with Crippen LogP contribution in [0, 0.1) is 0 Å². The second-order valence-electron chi connectivity index (χ2n) is 0. The summed E-state index contributed by atoms with van der Waals surface area (Å²) in [4.78, 5) is 0. The van der Waals surface area contributed by atoms with Crippen molar-refractivity contribution < 1.29 is 0 Å². The van der Waals surface area contributed by atoms with Gasteiger partial charge in [-0.1, -0.05) is 163 Å². The first-order chi connectivity index (χ1) is 0. The molecule has 0 saturated carbocycles. The van der Waals surface area contributed by atoms with Crippen molar-refractivity contribution in [2.45, 2.75) is 163 Å². The zero-order chi connectivity index (χ0) is 0. The van der Waals surface area contributed by atoms with E-state index in [9.17, 15) is 0 Å². The van der Waals surface area contributed by atoms with Crippen LogP contribution in [0.1, 0.15) is 163 Å². The largest absolute Gasteiger partial charge is 0.0776 e. The van der Waals surface area contributed by atoms with Crippen LogP contribution in [0.4, 0.5) is 0 Å². The second-order valence-corrected chi connectivity index (χ2v) is 0. The molecule has 0 aliphatic rings. The minimum Gasteiger partial charge on any atom is -0.0776 e. The van der Waals surface area contributed by atoms with Gasteiger partial charge in [-0.3, -0.25) is 0 Å². The third-order valence-electron chi connectivity index (χ3n) is 0. The number of hydrogen-bond acceptors (Lipinski definition) is 0. The predicted molar refractivity (Wildman–Crippen MR) is 148 cm³/mol. The van der Waals surface area contributed by atoms with Gasteiger partial charge in [-0.25, -0.2) is 0 Å². The van der Waals surface area contributed by atoms with Crippen LogP contribution in [0.5, 0.6) is 0 Å². The maximum Gasteiger partial charge on any atom is 0 e. The fraction of sp³-hybridized carbons (Fsp3) is 1.00. The van der Waals surface area contributed by atoms with E-state index < -0.39 is 0 Å². The minimum absolute atomic E-state index is 0. The molecule has 0 heterocycles. The molecule has 0 fully saturated rings. The first kappa shape index (κ1) is 20.0. The SMILES string of the molecule is C.C.C.C.C.C.C.C.C.C.C.C.C.C.C.C.C.C.C.C.C.C.[No].[No].[No].[No].[No].[No].[No].[No].[No].[No].[No].[No].[No].[No].[No].[No].[No].[No].[No].[No].[No].[No]. The van der Waals surface area contributed by atoms with Gasteiger partial charge in [0.15, 0.2) is 0 Å². The molecule has 0 saturated heterocycles. The van der Waals surface area contributed by atoms with Crippen molar-refractivity contribution in [3.8, 4) is 0 Å². The summed E-state index contributed by atoms with van der Waals surface area (Å²) in [5.74, 6) is 0. The average molecular weight is 6050 g/mol. The molecule has 0 aliphatic heterocycles. The van der Waals surface area contributed by atoms with E-state index in [1.165, 1.54) is 0 Å². The molecule has 22 heteroatoms. The fourth-order valence-electron chi connectivity index (χ4n) is 0. The monoisotopic (exact) mass is 6050 g/mol. The topological polar surface area (TPSA) is 0 Å². The molecular formula is C22H88No22. The van der Waals surface area contributed by atoms with Gasteiger partial charge in [0.05, 0.1) is 0 Å². The van der Waals surface area contributed by atoms with Crippen LogP contribution in [0.25, 0.3) is 0 Å². The van der Waals surface area contributed by atoms with Crippen LogP contribution >= 0.6 is 0 Å². The third-order valence-corrected chi connectivity index (χ3v) is 0. The molecule has 0 aromatic heterocycles. The van der Waals surface area contributed by atoms with Crippen molar-refractivity contribution in [1.29, 1.82) is 0 Å². The van der Waals surface area contributed by atoms with E-state index in [-0.39, 0.29) is 163 Å². The van der Waals surface area contributed by atoms with Crippen LogP contribution < -0.4 is 0 Å². The van der Waals surface area contributed by atoms with Gasteiger partial charge < -0.3 is 0 Å². The molecule has 484 valence electrons. The molecule has 0 amide bonds. The van der Waals surface area contributed by atoms with Crippen molar-refractivity contribution >= 4 is 0 Å². The predicted octanol–water partition coefficient (Wildman–Crippen LogP) is 14.0. The Morgan fingerprint density at radius 3 is 0.0455 bits per heavy atom. The van der Waals surface area contributed by atoms with E-state index in [4.69, 9.17) is 0 Å². The standard InChI is InChI=1S/22CH4.22No/h22*1H4;;;;;;;;;;;;;;;;;;;;;;. The summed E-state index contributed by atoms with van der Waals surface area (Å²) in [6.07, 6.45) is 0. The molecule has 0 bridgehead atoms. The van der Waals surface area contributed by atoms with E-state index in [0.717, 1.165) is 0 Å². The van der Waals surface area contributed by atoms with Gasteiger partial charge in [0.2, 0.25) is 0 Å². The molecule has 0 unspecified atom stereocenters. The Morgan fingerprint density at radius 1 is 0.0455 bits per heavy atom. The van der Waals surface area contributed by atoms with E-state index in [0.29, 0.717) is 0 Å². The Hall–Kier alpha value is -22.0. The summed E-state index contributed by atoms with van der Waals surface area (Å²) >= 11 is 0. The Morgan fingerprint density at radius 2 is 0.0455 bits per heavy atom. The molecule has 0 N–H and O–H groups in total. The number of hydrogen-bond donors (Lipinski definition) is 0. The molecule has 0 nitrogen and oxygen atoms in total. The third kappa shape index (κ3) is 14.9. The number of rotatable bonds is 0. The van der Waals surface area contributed by atoms with Crippen LogP contribution in [0.2, 0.25) is 0 Å². The van der Waals surface area contributed by atoms with Crippen molar-refractivity contribution in [3.05, 3.63) is 0 Å². The Bertz CT molecular complexity index is 44.0. The Labute approximate surface area is 164 Å². The van der Waals surface area contributed by atoms with Gasteiger partial charge in [0, 0.05) is 0 Å². The molecule has 0 rings (SSSR count). The molecular weight excluding hydrogens is 5960 g/mol. The first-order valence-electron chi connectivity index (χ1n) is 0. The van der Waals surface area contributed by atoms with Gasteiger partial charge in [0.25, 0.3) is 0 Å². The average Bonchev–Trinajstić information content (AvgIpc) is 0. The molecule has 0 aromatic rings. The summed E-state index contributed by atoms with van der Waals surface area (Å²) in [7, 11) is 0. The molecule has 0 atom stereocenters. The second kappa shape index (κ2) is 17.4. The van der Waals surface area contributed by atoms with E-state index in [2.05, 4.69) is 0 Å². The van der Waals surface area contributed by atoms with Crippen LogP contribution in [-0.2, 0) is 0 Å². The molecule has 0 aliphatic carbocycles. The van der Waals surface area contributed by atoms with Gasteiger partial charge in [-0.05, 0) is 0 Å². The van der Waals surface area contributed by atoms with Crippen LogP contribution in [0.3, 0.4) is 0 Å². The summed E-state index contributed by atoms with van der Waals surface area (Å²) < 4.78 is 0. The van der Waals surface area contributed by atoms with E-state index in [1.54, 1.807) is 0 Å².